The maximum absolute atomic E-state index is 13.2. The minimum atomic E-state index is -4.29. The molecule has 0 saturated carbocycles. The van der Waals surface area contributed by atoms with Gasteiger partial charge < -0.3 is 62.5 Å². The van der Waals surface area contributed by atoms with Crippen molar-refractivity contribution in [1.29, 1.82) is 0 Å². The fourth-order valence-corrected chi connectivity index (χ4v) is 12.1. The monoisotopic (exact) mass is 1200 g/mol. The van der Waals surface area contributed by atoms with Crippen LogP contribution in [0, 0.1) is 0 Å². The van der Waals surface area contributed by atoms with E-state index in [0.717, 1.165) is 106 Å². The Labute approximate surface area is 467 Å². The zero-order valence-electron chi connectivity index (χ0n) is 41.0. The van der Waals surface area contributed by atoms with E-state index < -0.39 is 38.8 Å². The molecule has 0 atom stereocenters. The van der Waals surface area contributed by atoms with Crippen molar-refractivity contribution in [3.63, 3.8) is 0 Å². The van der Waals surface area contributed by atoms with Gasteiger partial charge in [0.2, 0.25) is 25.0 Å². The molecule has 0 spiro atoms. The predicted octanol–water partition coefficient (Wildman–Crippen LogP) is 1.71. The molecular formula is C53H49Cl3N2O16S4. The van der Waals surface area contributed by atoms with E-state index in [-0.39, 0.29) is 82.7 Å². The van der Waals surface area contributed by atoms with E-state index in [1.807, 2.05) is 47.3 Å². The molecule has 0 amide bonds. The Hall–Kier alpha value is -6.79. The van der Waals surface area contributed by atoms with Crippen LogP contribution in [-0.4, -0.2) is 79.1 Å². The third-order valence-electron chi connectivity index (χ3n) is 12.9. The number of fused-ring (bicyclic) bond motifs is 10. The van der Waals surface area contributed by atoms with Gasteiger partial charge in [0, 0.05) is 48.2 Å². The highest BCUT2D eigenvalue weighted by Crippen LogP contribution is 2.44. The molecule has 6 heterocycles. The van der Waals surface area contributed by atoms with Crippen molar-refractivity contribution in [2.24, 2.45) is 0 Å². The first-order valence-electron chi connectivity index (χ1n) is 22.7. The van der Waals surface area contributed by atoms with E-state index >= 15 is 0 Å². The first kappa shape index (κ1) is 58.9. The third-order valence-corrected chi connectivity index (χ3v) is 17.7. The lowest BCUT2D eigenvalue weighted by Crippen LogP contribution is -3.00. The molecule has 2 aromatic heterocycles. The fourth-order valence-electron chi connectivity index (χ4n) is 9.08. The number of hydrogen-bond acceptors (Lipinski definition) is 16. The summed E-state index contributed by atoms with van der Waals surface area (Å²) in [7, 11) is -6.81. The summed E-state index contributed by atoms with van der Waals surface area (Å²) < 4.78 is 136. The lowest BCUT2D eigenvalue weighted by Gasteiger charge is -2.18. The number of sulfone groups is 2. The minimum absolute atomic E-state index is 0. The Morgan fingerprint density at radius 1 is 0.526 bits per heavy atom. The van der Waals surface area contributed by atoms with E-state index in [0.29, 0.717) is 23.4 Å². The van der Waals surface area contributed by atoms with Crippen molar-refractivity contribution in [1.82, 2.24) is 0 Å². The van der Waals surface area contributed by atoms with Gasteiger partial charge in [0.05, 0.1) is 50.8 Å². The summed E-state index contributed by atoms with van der Waals surface area (Å²) in [4.78, 5) is -0.220. The number of aromatic hydroxyl groups is 1. The van der Waals surface area contributed by atoms with Gasteiger partial charge in [-0.25, -0.2) is 25.3 Å². The first-order valence-corrected chi connectivity index (χ1v) is 30.2. The quantitative estimate of drug-likeness (QED) is 0.130. The molecule has 18 nitrogen and oxygen atoms in total. The SMILES string of the molecule is C.COc1ccc2cc3[n+](cc2c1O)CCc1cc2c(cc1-3)OCO2.COc1ccc2cc3[n+](cc2c1OS(=O)(=O)c1ccc(S(C)(=O)=O)cc1)CCc1cc2c(cc1-3)OCO2.CS(=O)(=O)c1ccc(S(=O)(=O)Cl)cc1.[Cl-].[Cl-]. The highest BCUT2D eigenvalue weighted by molar-refractivity contribution is 8.13. The summed E-state index contributed by atoms with van der Waals surface area (Å²) in [5, 5.41) is 13.5. The normalized spacial score (nSPS) is 13.4. The number of phenols is 1. The summed E-state index contributed by atoms with van der Waals surface area (Å²) in [6.07, 6.45) is 7.63. The molecule has 0 saturated heterocycles. The summed E-state index contributed by atoms with van der Waals surface area (Å²) >= 11 is 0. The van der Waals surface area contributed by atoms with Crippen molar-refractivity contribution in [3.05, 3.63) is 133 Å². The standard InChI is InChI=1S/C26H22NO8S2.C19H15NO4.C7H7ClO4S2.CH4.2ClH/c1-32-23-8-3-16-11-22-20-13-25-24(33-15-34-25)12-17(20)9-10-27(22)14-21(16)26(23)35-37(30,31)19-6-4-18(5-7-19)36(2,28)29;1-22-16-3-2-11-6-15-13-8-18-17(23-10-24-18)7-12(13)4-5-20(15)9-14(11)19(16)21;1-13(9,10)6-2-4-7(5-3-6)14(8,11)12;;;/h3-8,11-14H,9-10,15H2,1-2H3;2-3,6-9H,4-5,10H2,1H3;2-5H,1H3;1H4;2*1H/q+1;;;;;/p-1. The summed E-state index contributed by atoms with van der Waals surface area (Å²) in [5.74, 6) is 4.03. The Balaban J connectivity index is 0.000000185. The molecule has 12 rings (SSSR count). The zero-order chi connectivity index (χ0) is 53.2. The summed E-state index contributed by atoms with van der Waals surface area (Å²) in [6, 6.07) is 29.1. The Morgan fingerprint density at radius 2 is 0.923 bits per heavy atom. The maximum atomic E-state index is 13.2. The van der Waals surface area contributed by atoms with Crippen LogP contribution in [-0.2, 0) is 64.8 Å². The average Bonchev–Trinajstić information content (AvgIpc) is 4.06. The molecule has 4 aliphatic rings. The van der Waals surface area contributed by atoms with Gasteiger partial charge in [0.15, 0.2) is 91.2 Å². The van der Waals surface area contributed by atoms with Crippen LogP contribution in [0.2, 0.25) is 0 Å². The van der Waals surface area contributed by atoms with Crippen LogP contribution in [0.25, 0.3) is 44.1 Å². The number of phenolic OH excluding ortho intramolecular Hbond substituents is 1. The molecule has 0 bridgehead atoms. The number of pyridine rings is 2. The summed E-state index contributed by atoms with van der Waals surface area (Å²) in [5.41, 5.74) is 6.66. The second-order valence-corrected chi connectivity index (χ2v) is 25.8. The molecule has 4 aliphatic heterocycles. The number of nitrogens with zero attached hydrogens (tertiary/aromatic N) is 2. The van der Waals surface area contributed by atoms with Crippen LogP contribution in [0.5, 0.6) is 46.0 Å². The molecule has 25 heteroatoms. The predicted molar refractivity (Wildman–Crippen MR) is 280 cm³/mol. The molecule has 0 unspecified atom stereocenters. The van der Waals surface area contributed by atoms with E-state index in [1.165, 1.54) is 49.1 Å². The van der Waals surface area contributed by atoms with Crippen LogP contribution in [0.4, 0.5) is 0 Å². The average molecular weight is 1200 g/mol. The van der Waals surface area contributed by atoms with E-state index in [9.17, 15) is 38.8 Å². The Kier molecular flexibility index (Phi) is 17.0. The van der Waals surface area contributed by atoms with Crippen molar-refractivity contribution >= 4 is 71.1 Å². The number of halogens is 3. The number of rotatable bonds is 8. The lowest BCUT2D eigenvalue weighted by atomic mass is 9.95. The topological polar surface area (TPSA) is 229 Å². The van der Waals surface area contributed by atoms with Crippen molar-refractivity contribution in [3.8, 4) is 68.5 Å². The third kappa shape index (κ3) is 11.7. The molecule has 8 aromatic rings. The highest BCUT2D eigenvalue weighted by Gasteiger charge is 2.32. The number of benzene rings is 6. The van der Waals surface area contributed by atoms with Crippen LogP contribution >= 0.6 is 10.7 Å². The molecule has 0 aliphatic carbocycles. The molecule has 0 radical (unpaired) electrons. The minimum Gasteiger partial charge on any atom is -1.00 e. The smallest absolute Gasteiger partial charge is 0.339 e. The maximum Gasteiger partial charge on any atom is 0.339 e. The van der Waals surface area contributed by atoms with Crippen molar-refractivity contribution < 1.29 is 105 Å². The number of ether oxygens (including phenoxy) is 6. The second-order valence-electron chi connectivity index (χ2n) is 17.6. The molecule has 1 N–H and O–H groups in total. The number of methoxy groups -OCH3 is 2. The largest absolute Gasteiger partial charge is 1.00 e. The second kappa shape index (κ2) is 22.5. The molecule has 6 aromatic carbocycles. The highest BCUT2D eigenvalue weighted by atomic mass is 35.7. The van der Waals surface area contributed by atoms with Crippen LogP contribution in [0.15, 0.2) is 141 Å². The summed E-state index contributed by atoms with van der Waals surface area (Å²) in [6.45, 7) is 2.01. The van der Waals surface area contributed by atoms with Crippen molar-refractivity contribution in [2.75, 3.05) is 40.3 Å². The van der Waals surface area contributed by atoms with Crippen LogP contribution < -0.4 is 66.6 Å². The van der Waals surface area contributed by atoms with Gasteiger partial charge in [0.25, 0.3) is 9.05 Å². The van der Waals surface area contributed by atoms with Gasteiger partial charge in [-0.2, -0.15) is 17.6 Å². The Morgan fingerprint density at radius 3 is 1.36 bits per heavy atom. The molecule has 0 fully saturated rings. The first-order chi connectivity index (χ1) is 35.6. The fraction of sp³-hybridized carbons (Fsp3) is 0.208. The number of aromatic nitrogens is 2. The van der Waals surface area contributed by atoms with Gasteiger partial charge in [0.1, 0.15) is 4.90 Å². The lowest BCUT2D eigenvalue weighted by molar-refractivity contribution is -0.686. The number of hydrogen-bond donors (Lipinski definition) is 1. The zero-order valence-corrected chi connectivity index (χ0v) is 46.6. The van der Waals surface area contributed by atoms with Gasteiger partial charge in [-0.1, -0.05) is 7.43 Å². The van der Waals surface area contributed by atoms with Gasteiger partial charge in [-0.05, 0) is 119 Å². The molecule has 78 heavy (non-hydrogen) atoms. The van der Waals surface area contributed by atoms with Gasteiger partial charge in [-0.15, -0.1) is 0 Å². The van der Waals surface area contributed by atoms with E-state index in [2.05, 4.69) is 22.8 Å². The van der Waals surface area contributed by atoms with E-state index in [1.54, 1.807) is 19.2 Å². The van der Waals surface area contributed by atoms with E-state index in [4.69, 9.17) is 43.3 Å². The Bertz CT molecular complexity index is 4080. The van der Waals surface area contributed by atoms with Crippen molar-refractivity contribution in [2.45, 2.75) is 52.9 Å². The molecular weight excluding hydrogens is 1160 g/mol. The molecule has 412 valence electrons. The van der Waals surface area contributed by atoms with Gasteiger partial charge in [-0.3, -0.25) is 0 Å². The number of aryl methyl sites for hydroxylation is 4. The van der Waals surface area contributed by atoms with Gasteiger partial charge >= 0.3 is 10.1 Å². The van der Waals surface area contributed by atoms with Crippen LogP contribution in [0.3, 0.4) is 0 Å². The van der Waals surface area contributed by atoms with Crippen LogP contribution in [0.1, 0.15) is 18.6 Å².